The minimum absolute atomic E-state index is 0.104. The molecule has 10 rings (SSSR count). The van der Waals surface area contributed by atoms with Crippen LogP contribution in [0.4, 0.5) is 0 Å². The molecule has 0 bridgehead atoms. The summed E-state index contributed by atoms with van der Waals surface area (Å²) in [5.74, 6) is -6.40. The van der Waals surface area contributed by atoms with Gasteiger partial charge in [-0.15, -0.1) is 0 Å². The van der Waals surface area contributed by atoms with Crippen LogP contribution in [0.5, 0.6) is 0 Å². The second kappa shape index (κ2) is 15.9. The fourth-order valence-electron chi connectivity index (χ4n) is 22.3. The van der Waals surface area contributed by atoms with Gasteiger partial charge in [-0.05, 0) is 198 Å². The number of aliphatic carboxylic acids is 3. The van der Waals surface area contributed by atoms with Crippen molar-refractivity contribution in [3.8, 4) is 0 Å². The van der Waals surface area contributed by atoms with E-state index in [1.807, 2.05) is 27.7 Å². The Morgan fingerprint density at radius 3 is 1.30 bits per heavy atom. The number of aliphatic hydroxyl groups is 5. The van der Waals surface area contributed by atoms with Crippen molar-refractivity contribution in [3.05, 3.63) is 23.3 Å². The van der Waals surface area contributed by atoms with Crippen molar-refractivity contribution in [1.29, 1.82) is 0 Å². The van der Waals surface area contributed by atoms with Crippen molar-refractivity contribution < 1.29 is 64.8 Å². The fourth-order valence-corrected chi connectivity index (χ4v) is 22.3. The number of hydrogen-bond acceptors (Lipinski definition) is 10. The number of ether oxygens (including phenoxy) is 1. The molecule has 0 unspecified atom stereocenters. The number of esters is 1. The summed E-state index contributed by atoms with van der Waals surface area (Å²) >= 11 is 0. The van der Waals surface area contributed by atoms with Gasteiger partial charge in [0, 0.05) is 11.8 Å². The quantitative estimate of drug-likeness (QED) is 0.0949. The second-order valence-electron chi connectivity index (χ2n) is 29.4. The zero-order valence-electron chi connectivity index (χ0n) is 46.0. The predicted molar refractivity (Wildman–Crippen MR) is 271 cm³/mol. The zero-order valence-corrected chi connectivity index (χ0v) is 46.0. The number of allylic oxidation sites excluding steroid dienone is 2. The van der Waals surface area contributed by atoms with Gasteiger partial charge in [0.15, 0.2) is 0 Å². The fraction of sp³-hybridized carbons (Fsp3) is 0.867. The first-order chi connectivity index (χ1) is 33.5. The van der Waals surface area contributed by atoms with Gasteiger partial charge in [0.05, 0.1) is 45.8 Å². The van der Waals surface area contributed by atoms with Gasteiger partial charge in [0.2, 0.25) is 0 Å². The molecule has 0 radical (unpaired) electrons. The molecule has 0 saturated heterocycles. The van der Waals surface area contributed by atoms with E-state index in [0.29, 0.717) is 89.9 Å². The Hall–Kier alpha value is -2.84. The summed E-state index contributed by atoms with van der Waals surface area (Å²) in [6.45, 7) is 24.1. The summed E-state index contributed by atoms with van der Waals surface area (Å²) in [7, 11) is 0. The molecule has 0 aromatic heterocycles. The Kier molecular flexibility index (Phi) is 11.7. The number of fused-ring (bicyclic) bond motifs is 14. The number of carboxylic acid groups (broad SMARTS) is 3. The maximum atomic E-state index is 15.5. The lowest BCUT2D eigenvalue weighted by Gasteiger charge is -2.72. The molecule has 10 aliphatic carbocycles. The summed E-state index contributed by atoms with van der Waals surface area (Å²) in [4.78, 5) is 56.3. The van der Waals surface area contributed by atoms with E-state index in [2.05, 4.69) is 53.7 Å². The topological polar surface area (TPSA) is 239 Å². The van der Waals surface area contributed by atoms with E-state index in [-0.39, 0.29) is 36.5 Å². The summed E-state index contributed by atoms with van der Waals surface area (Å²) in [5.41, 5.74) is -9.51. The molecule has 0 aromatic carbocycles. The summed E-state index contributed by atoms with van der Waals surface area (Å²) < 4.78 is 6.58. The molecule has 0 spiro atoms. The SMILES string of the molecule is C[C@@H]1CC[C@]2(C(=O)O)CC[C@]3(C)C(=CC[C@@H]4[C@@]5(C)C[C@@H](O)[C@@H](O)[C@](C)(C(=O)O[C@@H]6[C@H](O)C[C@]7(C)[C@H]8CC=C9[C@H]%10[C@](C(=O)O)(CC[C@@H](C)[C@@]%10(C)O)CC[C@@]9(C)[C@]8(C)CC[C@@H]7[C@@]6(C)C(=O)O)[C@H]5CC[C@]43C)[C@@H]2[C@]1(C)O. The van der Waals surface area contributed by atoms with E-state index in [1.54, 1.807) is 13.8 Å². The largest absolute Gasteiger partial charge is 0.481 e. The maximum absolute atomic E-state index is 15.5. The van der Waals surface area contributed by atoms with Crippen molar-refractivity contribution in [2.75, 3.05) is 0 Å². The van der Waals surface area contributed by atoms with Crippen molar-refractivity contribution >= 4 is 23.9 Å². The molecule has 8 saturated carbocycles. The summed E-state index contributed by atoms with van der Waals surface area (Å²) in [5, 5.41) is 94.9. The highest BCUT2D eigenvalue weighted by Crippen LogP contribution is 2.79. The Labute approximate surface area is 433 Å². The monoisotopic (exact) mass is 1020 g/mol. The molecule has 408 valence electrons. The average Bonchev–Trinajstić information content (AvgIpc) is 3.29. The molecule has 13 heteroatoms. The minimum atomic E-state index is -1.76. The van der Waals surface area contributed by atoms with E-state index in [0.717, 1.165) is 11.1 Å². The third-order valence-corrected chi connectivity index (χ3v) is 27.3. The lowest BCUT2D eigenvalue weighted by atomic mass is 9.32. The number of aliphatic hydroxyl groups excluding tert-OH is 3. The number of carbonyl (C=O) groups excluding carboxylic acids is 1. The Morgan fingerprint density at radius 1 is 0.507 bits per heavy atom. The van der Waals surface area contributed by atoms with Gasteiger partial charge >= 0.3 is 23.9 Å². The van der Waals surface area contributed by atoms with Gasteiger partial charge in [0.1, 0.15) is 11.5 Å². The van der Waals surface area contributed by atoms with Crippen LogP contribution in [0.25, 0.3) is 0 Å². The van der Waals surface area contributed by atoms with Crippen LogP contribution in [0, 0.1) is 101 Å². The molecular weight excluding hydrogens is 929 g/mol. The van der Waals surface area contributed by atoms with Crippen LogP contribution in [0.1, 0.15) is 186 Å². The van der Waals surface area contributed by atoms with E-state index in [9.17, 15) is 55.2 Å². The molecule has 10 aliphatic rings. The van der Waals surface area contributed by atoms with Crippen LogP contribution < -0.4 is 0 Å². The van der Waals surface area contributed by atoms with Crippen molar-refractivity contribution in [2.45, 2.75) is 221 Å². The van der Waals surface area contributed by atoms with E-state index >= 15 is 4.79 Å². The Balaban J connectivity index is 0.973. The molecule has 8 N–H and O–H groups in total. The van der Waals surface area contributed by atoms with Crippen LogP contribution in [0.3, 0.4) is 0 Å². The smallest absolute Gasteiger partial charge is 0.315 e. The predicted octanol–water partition coefficient (Wildman–Crippen LogP) is 8.96. The van der Waals surface area contributed by atoms with Crippen LogP contribution in [0.2, 0.25) is 0 Å². The lowest BCUT2D eigenvalue weighted by molar-refractivity contribution is -0.266. The van der Waals surface area contributed by atoms with Gasteiger partial charge in [-0.1, -0.05) is 78.7 Å². The van der Waals surface area contributed by atoms with Crippen LogP contribution >= 0.6 is 0 Å². The van der Waals surface area contributed by atoms with Crippen molar-refractivity contribution in [2.24, 2.45) is 101 Å². The average molecular weight is 1020 g/mol. The van der Waals surface area contributed by atoms with Crippen LogP contribution in [-0.2, 0) is 23.9 Å². The van der Waals surface area contributed by atoms with E-state index in [1.165, 1.54) is 0 Å². The molecule has 24 atom stereocenters. The first kappa shape index (κ1) is 53.6. The lowest BCUT2D eigenvalue weighted by Crippen LogP contribution is -2.71. The first-order valence-corrected chi connectivity index (χ1v) is 28.4. The zero-order chi connectivity index (χ0) is 53.8. The van der Waals surface area contributed by atoms with Crippen LogP contribution in [-0.4, -0.2) is 100 Å². The van der Waals surface area contributed by atoms with Crippen LogP contribution in [0.15, 0.2) is 23.3 Å². The highest BCUT2D eigenvalue weighted by molar-refractivity contribution is 5.81. The minimum Gasteiger partial charge on any atom is -0.481 e. The molecule has 8 fully saturated rings. The number of hydrogen-bond donors (Lipinski definition) is 8. The van der Waals surface area contributed by atoms with Crippen molar-refractivity contribution in [1.82, 2.24) is 0 Å². The van der Waals surface area contributed by atoms with Gasteiger partial charge < -0.3 is 45.6 Å². The second-order valence-corrected chi connectivity index (χ2v) is 29.4. The maximum Gasteiger partial charge on any atom is 0.315 e. The highest BCUT2D eigenvalue weighted by atomic mass is 16.6. The van der Waals surface area contributed by atoms with Gasteiger partial charge in [-0.3, -0.25) is 19.2 Å². The summed E-state index contributed by atoms with van der Waals surface area (Å²) in [6.07, 6.45) is 6.54. The van der Waals surface area contributed by atoms with Gasteiger partial charge in [-0.25, -0.2) is 0 Å². The molecule has 0 aliphatic heterocycles. The molecule has 73 heavy (non-hydrogen) atoms. The number of rotatable bonds is 5. The number of carbonyl (C=O) groups is 4. The third-order valence-electron chi connectivity index (χ3n) is 27.3. The summed E-state index contributed by atoms with van der Waals surface area (Å²) in [6, 6.07) is 0. The molecule has 0 heterocycles. The van der Waals surface area contributed by atoms with E-state index < -0.39 is 137 Å². The van der Waals surface area contributed by atoms with Crippen molar-refractivity contribution in [3.63, 3.8) is 0 Å². The highest BCUT2D eigenvalue weighted by Gasteiger charge is 2.77. The Bertz CT molecular complexity index is 2440. The van der Waals surface area contributed by atoms with E-state index in [4.69, 9.17) is 4.74 Å². The Morgan fingerprint density at radius 2 is 0.904 bits per heavy atom. The number of carboxylic acids is 3. The third kappa shape index (κ3) is 6.15. The normalized spacial score (nSPS) is 58.0. The van der Waals surface area contributed by atoms with Gasteiger partial charge in [-0.2, -0.15) is 0 Å². The molecule has 13 nitrogen and oxygen atoms in total. The molecular formula is C60H90O13. The standard InChI is InChI=1S/C60H90O13/c1-31-17-23-59(46(66)67)27-25-51(5)33(41(59)57(31,11)71)13-15-37-49(3)29-35(61)43(63)55(9,39(49)19-21-53(37,51)7)48(70)73-44-36(62)30-50(4)38-16-14-34-42-58(12,72)32(2)18-24-60(42,47(68)69)28-26-52(34,6)54(38,8)22-20-40(50)56(44,10)45(64)65/h13-14,31-32,35-44,61-63,71-72H,15-30H2,1-12H3,(H,64,65)(H,66,67)(H,68,69)/t31-,32-,35-,36-,37-,38-,39+,40+,41-,42-,43-,44-,49-,50-,51-,52-,53-,54-,55-,56-,57-,58-,59+,60+/m1/s1. The molecule has 0 amide bonds. The van der Waals surface area contributed by atoms with Gasteiger partial charge in [0.25, 0.3) is 0 Å². The molecule has 0 aromatic rings. The first-order valence-electron chi connectivity index (χ1n) is 28.4.